The highest BCUT2D eigenvalue weighted by Gasteiger charge is 2.16. The number of hydrogen-bond donors (Lipinski definition) is 1. The second-order valence-corrected chi connectivity index (χ2v) is 4.05. The van der Waals surface area contributed by atoms with E-state index in [1.165, 1.54) is 26.4 Å². The van der Waals surface area contributed by atoms with Gasteiger partial charge in [-0.3, -0.25) is 0 Å². The molecule has 0 aliphatic heterocycles. The molecule has 0 amide bonds. The Balaban J connectivity index is 2.70. The number of anilines is 1. The number of esters is 1. The first-order valence-electron chi connectivity index (χ1n) is 6.19. The van der Waals surface area contributed by atoms with Gasteiger partial charge in [0.25, 0.3) is 0 Å². The maximum absolute atomic E-state index is 11.9. The monoisotopic (exact) mass is 278 g/mol. The minimum absolute atomic E-state index is 0.239. The summed E-state index contributed by atoms with van der Waals surface area (Å²) in [6.07, 6.45) is 1.80. The second kappa shape index (κ2) is 7.89. The van der Waals surface area contributed by atoms with Gasteiger partial charge in [-0.25, -0.2) is 4.79 Å². The van der Waals surface area contributed by atoms with Gasteiger partial charge in [0, 0.05) is 18.6 Å². The van der Waals surface area contributed by atoms with Crippen molar-refractivity contribution >= 4 is 11.7 Å². The van der Waals surface area contributed by atoms with Crippen LogP contribution in [0, 0.1) is 11.3 Å². The van der Waals surface area contributed by atoms with Crippen LogP contribution >= 0.6 is 0 Å². The molecule has 0 aliphatic carbocycles. The van der Waals surface area contributed by atoms with Gasteiger partial charge in [0.15, 0.2) is 11.5 Å². The molecule has 20 heavy (non-hydrogen) atoms. The maximum atomic E-state index is 11.9. The number of carbonyl (C=O) groups is 1. The van der Waals surface area contributed by atoms with Crippen molar-refractivity contribution in [3.63, 3.8) is 0 Å². The standard InChI is InChI=1S/C14H18N2O4/c1-18-12-8-10(11(16)9-13(12)19-2)14(17)20-7-5-3-4-6-15/h8-9H,3-5,7,16H2,1-2H3. The fourth-order valence-corrected chi connectivity index (χ4v) is 1.62. The summed E-state index contributed by atoms with van der Waals surface area (Å²) in [5.41, 5.74) is 6.30. The Hall–Kier alpha value is -2.42. The molecule has 0 heterocycles. The molecule has 0 unspecified atom stereocenters. The third-order valence-electron chi connectivity index (χ3n) is 2.69. The van der Waals surface area contributed by atoms with Crippen LogP contribution in [0.3, 0.4) is 0 Å². The Morgan fingerprint density at radius 3 is 2.50 bits per heavy atom. The van der Waals surface area contributed by atoms with Gasteiger partial charge in [0.05, 0.1) is 38.1 Å². The van der Waals surface area contributed by atoms with Gasteiger partial charge < -0.3 is 19.9 Å². The number of nitrogens with two attached hydrogens (primary N) is 1. The predicted molar refractivity (Wildman–Crippen MR) is 73.7 cm³/mol. The van der Waals surface area contributed by atoms with Gasteiger partial charge >= 0.3 is 5.97 Å². The van der Waals surface area contributed by atoms with E-state index >= 15 is 0 Å². The number of benzene rings is 1. The molecule has 108 valence electrons. The van der Waals surface area contributed by atoms with Crippen LogP contribution in [0.1, 0.15) is 29.6 Å². The molecular weight excluding hydrogens is 260 g/mol. The first-order valence-corrected chi connectivity index (χ1v) is 6.19. The topological polar surface area (TPSA) is 94.6 Å². The fourth-order valence-electron chi connectivity index (χ4n) is 1.62. The van der Waals surface area contributed by atoms with Crippen LogP contribution in [-0.2, 0) is 4.74 Å². The molecule has 0 saturated carbocycles. The zero-order chi connectivity index (χ0) is 15.0. The molecule has 2 N–H and O–H groups in total. The van der Waals surface area contributed by atoms with Crippen molar-refractivity contribution in [3.8, 4) is 17.6 Å². The number of unbranched alkanes of at least 4 members (excludes halogenated alkanes) is 2. The molecule has 0 saturated heterocycles. The minimum atomic E-state index is -0.514. The van der Waals surface area contributed by atoms with E-state index in [1.807, 2.05) is 6.07 Å². The molecule has 6 nitrogen and oxygen atoms in total. The van der Waals surface area contributed by atoms with E-state index in [1.54, 1.807) is 0 Å². The van der Waals surface area contributed by atoms with Crippen molar-refractivity contribution in [1.29, 1.82) is 5.26 Å². The summed E-state index contributed by atoms with van der Waals surface area (Å²) in [4.78, 5) is 11.9. The molecule has 0 radical (unpaired) electrons. The van der Waals surface area contributed by atoms with Crippen molar-refractivity contribution in [3.05, 3.63) is 17.7 Å². The second-order valence-electron chi connectivity index (χ2n) is 4.05. The first kappa shape index (κ1) is 15.6. The lowest BCUT2D eigenvalue weighted by atomic mass is 10.1. The third kappa shape index (κ3) is 4.05. The Morgan fingerprint density at radius 2 is 1.90 bits per heavy atom. The highest BCUT2D eigenvalue weighted by Crippen LogP contribution is 2.32. The Labute approximate surface area is 118 Å². The summed E-state index contributed by atoms with van der Waals surface area (Å²) >= 11 is 0. The van der Waals surface area contributed by atoms with Gasteiger partial charge in [-0.05, 0) is 12.8 Å². The third-order valence-corrected chi connectivity index (χ3v) is 2.69. The summed E-state index contributed by atoms with van der Waals surface area (Å²) in [6, 6.07) is 5.04. The van der Waals surface area contributed by atoms with Gasteiger partial charge in [-0.2, -0.15) is 5.26 Å². The van der Waals surface area contributed by atoms with Crippen LogP contribution in [0.2, 0.25) is 0 Å². The normalized spacial score (nSPS) is 9.65. The van der Waals surface area contributed by atoms with E-state index in [0.29, 0.717) is 30.8 Å². The molecule has 1 rings (SSSR count). The zero-order valence-electron chi connectivity index (χ0n) is 11.6. The molecule has 0 fully saturated rings. The molecular formula is C14H18N2O4. The number of rotatable bonds is 7. The number of nitriles is 1. The molecule has 1 aromatic rings. The minimum Gasteiger partial charge on any atom is -0.493 e. The van der Waals surface area contributed by atoms with Crippen LogP contribution < -0.4 is 15.2 Å². The zero-order valence-corrected chi connectivity index (χ0v) is 11.6. The van der Waals surface area contributed by atoms with Gasteiger partial charge in [0.2, 0.25) is 0 Å². The molecule has 6 heteroatoms. The van der Waals surface area contributed by atoms with E-state index in [0.717, 1.165) is 0 Å². The van der Waals surface area contributed by atoms with E-state index in [4.69, 9.17) is 25.2 Å². The Kier molecular flexibility index (Phi) is 6.17. The van der Waals surface area contributed by atoms with Crippen LogP contribution in [0.25, 0.3) is 0 Å². The smallest absolute Gasteiger partial charge is 0.340 e. The van der Waals surface area contributed by atoms with E-state index in [9.17, 15) is 4.79 Å². The van der Waals surface area contributed by atoms with E-state index in [2.05, 4.69) is 0 Å². The largest absolute Gasteiger partial charge is 0.493 e. The Morgan fingerprint density at radius 1 is 1.25 bits per heavy atom. The SMILES string of the molecule is COc1cc(N)c(C(=O)OCCCCC#N)cc1OC. The highest BCUT2D eigenvalue weighted by atomic mass is 16.5. The summed E-state index contributed by atoms with van der Waals surface area (Å²) < 4.78 is 15.3. The summed E-state index contributed by atoms with van der Waals surface area (Å²) in [5, 5.41) is 8.40. The van der Waals surface area contributed by atoms with Gasteiger partial charge in [-0.1, -0.05) is 0 Å². The highest BCUT2D eigenvalue weighted by molar-refractivity contribution is 5.96. The van der Waals surface area contributed by atoms with E-state index in [-0.39, 0.29) is 17.9 Å². The number of nitrogen functional groups attached to an aromatic ring is 1. The summed E-state index contributed by atoms with van der Waals surface area (Å²) in [6.45, 7) is 0.258. The fraction of sp³-hybridized carbons (Fsp3) is 0.429. The average Bonchev–Trinajstić information content (AvgIpc) is 2.46. The molecule has 0 bridgehead atoms. The lowest BCUT2D eigenvalue weighted by molar-refractivity contribution is 0.0499. The molecule has 0 aliphatic rings. The summed E-state index contributed by atoms with van der Waals surface area (Å²) in [5.74, 6) is 0.356. The lowest BCUT2D eigenvalue weighted by Gasteiger charge is -2.12. The number of methoxy groups -OCH3 is 2. The number of ether oxygens (including phenoxy) is 3. The average molecular weight is 278 g/mol. The summed E-state index contributed by atoms with van der Waals surface area (Å²) in [7, 11) is 2.97. The quantitative estimate of drug-likeness (QED) is 0.466. The van der Waals surface area contributed by atoms with Crippen LogP contribution in [0.4, 0.5) is 5.69 Å². The van der Waals surface area contributed by atoms with Crippen molar-refractivity contribution in [2.75, 3.05) is 26.6 Å². The number of carbonyl (C=O) groups excluding carboxylic acids is 1. The van der Waals surface area contributed by atoms with Gasteiger partial charge in [0.1, 0.15) is 0 Å². The van der Waals surface area contributed by atoms with Crippen molar-refractivity contribution in [2.45, 2.75) is 19.3 Å². The van der Waals surface area contributed by atoms with E-state index < -0.39 is 5.97 Å². The van der Waals surface area contributed by atoms with Crippen molar-refractivity contribution in [2.24, 2.45) is 0 Å². The number of hydrogen-bond acceptors (Lipinski definition) is 6. The first-order chi connectivity index (χ1) is 9.63. The Bertz CT molecular complexity index is 509. The van der Waals surface area contributed by atoms with Gasteiger partial charge in [-0.15, -0.1) is 0 Å². The van der Waals surface area contributed by atoms with Crippen LogP contribution in [0.15, 0.2) is 12.1 Å². The molecule has 0 aromatic heterocycles. The maximum Gasteiger partial charge on any atom is 0.340 e. The molecule has 1 aromatic carbocycles. The number of nitrogens with zero attached hydrogens (tertiary/aromatic N) is 1. The van der Waals surface area contributed by atoms with Crippen LogP contribution in [-0.4, -0.2) is 26.8 Å². The predicted octanol–water partition coefficient (Wildman–Crippen LogP) is 2.14. The lowest BCUT2D eigenvalue weighted by Crippen LogP contribution is -2.10. The molecule has 0 spiro atoms. The molecule has 0 atom stereocenters. The van der Waals surface area contributed by atoms with Crippen molar-refractivity contribution in [1.82, 2.24) is 0 Å². The van der Waals surface area contributed by atoms with Crippen molar-refractivity contribution < 1.29 is 19.0 Å². The van der Waals surface area contributed by atoms with Crippen LogP contribution in [0.5, 0.6) is 11.5 Å².